The monoisotopic (exact) mass is 326 g/mol. The largest absolute Gasteiger partial charge is 0.378 e. The molecule has 0 aliphatic carbocycles. The van der Waals surface area contributed by atoms with Crippen LogP contribution in [0.25, 0.3) is 0 Å². The molecule has 0 bridgehead atoms. The van der Waals surface area contributed by atoms with Crippen LogP contribution in [-0.2, 0) is 9.53 Å². The van der Waals surface area contributed by atoms with E-state index in [0.717, 1.165) is 25.9 Å². The zero-order valence-electron chi connectivity index (χ0n) is 16.6. The first-order valence-corrected chi connectivity index (χ1v) is 10.0. The lowest BCUT2D eigenvalue weighted by Gasteiger charge is -2.25. The van der Waals surface area contributed by atoms with Crippen molar-refractivity contribution in [3.8, 4) is 0 Å². The third-order valence-corrected chi connectivity index (χ3v) is 4.45. The quantitative estimate of drug-likeness (QED) is 0.295. The Morgan fingerprint density at radius 2 is 1.39 bits per heavy atom. The topological polar surface area (TPSA) is 26.3 Å². The number of hydrogen-bond donors (Lipinski definition) is 0. The predicted molar refractivity (Wildman–Crippen MR) is 101 cm³/mol. The molecule has 0 spiro atoms. The fourth-order valence-corrected chi connectivity index (χ4v) is 2.70. The van der Waals surface area contributed by atoms with E-state index in [1.165, 1.54) is 51.4 Å². The molecule has 0 N–H and O–H groups in total. The highest BCUT2D eigenvalue weighted by atomic mass is 16.5. The van der Waals surface area contributed by atoms with E-state index in [1.807, 2.05) is 0 Å². The molecule has 0 amide bonds. The van der Waals surface area contributed by atoms with Crippen LogP contribution in [-0.4, -0.2) is 18.5 Å². The molecule has 2 heteroatoms. The number of hydrogen-bond acceptors (Lipinski definition) is 2. The van der Waals surface area contributed by atoms with Crippen LogP contribution in [0.4, 0.5) is 0 Å². The van der Waals surface area contributed by atoms with Crippen molar-refractivity contribution in [2.75, 3.05) is 6.61 Å². The number of carbonyl (C=O) groups is 1. The smallest absolute Gasteiger partial charge is 0.132 e. The van der Waals surface area contributed by atoms with Crippen molar-refractivity contribution in [3.05, 3.63) is 0 Å². The van der Waals surface area contributed by atoms with Crippen molar-refractivity contribution in [2.45, 2.75) is 118 Å². The molecule has 0 atom stereocenters. The van der Waals surface area contributed by atoms with Gasteiger partial charge in [-0.05, 0) is 32.1 Å². The Labute approximate surface area is 145 Å². The molecule has 0 saturated carbocycles. The summed E-state index contributed by atoms with van der Waals surface area (Å²) in [5.74, 6) is 0.436. The molecule has 0 aliphatic rings. The lowest BCUT2D eigenvalue weighted by atomic mass is 9.87. The van der Waals surface area contributed by atoms with E-state index in [-0.39, 0.29) is 11.5 Å². The van der Waals surface area contributed by atoms with Gasteiger partial charge in [-0.2, -0.15) is 0 Å². The summed E-state index contributed by atoms with van der Waals surface area (Å²) in [6, 6.07) is 0. The standard InChI is InChI=1S/C21H42O2/c1-6-7-8-9-10-11-12-13-14-15-20(22)16-17-21(4,5)18-23-19(2)3/h19H,6-18H2,1-5H3. The fourth-order valence-electron chi connectivity index (χ4n) is 2.70. The number of Topliss-reactive ketones (excluding diaryl/α,β-unsaturated/α-hetero) is 1. The second kappa shape index (κ2) is 14.0. The van der Waals surface area contributed by atoms with E-state index < -0.39 is 0 Å². The van der Waals surface area contributed by atoms with Gasteiger partial charge in [-0.15, -0.1) is 0 Å². The Morgan fingerprint density at radius 3 is 1.91 bits per heavy atom. The van der Waals surface area contributed by atoms with Crippen LogP contribution in [0.15, 0.2) is 0 Å². The van der Waals surface area contributed by atoms with Crippen molar-refractivity contribution in [2.24, 2.45) is 5.41 Å². The van der Waals surface area contributed by atoms with Gasteiger partial charge in [-0.25, -0.2) is 0 Å². The van der Waals surface area contributed by atoms with E-state index in [9.17, 15) is 4.79 Å². The van der Waals surface area contributed by atoms with E-state index in [1.54, 1.807) is 0 Å². The van der Waals surface area contributed by atoms with Gasteiger partial charge in [0.15, 0.2) is 0 Å². The third kappa shape index (κ3) is 16.3. The first-order chi connectivity index (χ1) is 10.9. The molecule has 23 heavy (non-hydrogen) atoms. The Kier molecular flexibility index (Phi) is 13.8. The molecule has 0 aromatic carbocycles. The van der Waals surface area contributed by atoms with Gasteiger partial charge in [0.05, 0.1) is 12.7 Å². The maximum atomic E-state index is 12.0. The Hall–Kier alpha value is -0.370. The second-order valence-electron chi connectivity index (χ2n) is 8.14. The van der Waals surface area contributed by atoms with Crippen LogP contribution in [0.2, 0.25) is 0 Å². The molecule has 0 fully saturated rings. The van der Waals surface area contributed by atoms with Gasteiger partial charge in [0.2, 0.25) is 0 Å². The van der Waals surface area contributed by atoms with Gasteiger partial charge in [-0.3, -0.25) is 4.79 Å². The zero-order valence-corrected chi connectivity index (χ0v) is 16.6. The first kappa shape index (κ1) is 22.6. The maximum Gasteiger partial charge on any atom is 0.132 e. The Bertz CT molecular complexity index is 282. The van der Waals surface area contributed by atoms with Crippen molar-refractivity contribution < 1.29 is 9.53 Å². The highest BCUT2D eigenvalue weighted by Gasteiger charge is 2.20. The summed E-state index contributed by atoms with van der Waals surface area (Å²) in [6.45, 7) is 11.5. The van der Waals surface area contributed by atoms with E-state index in [0.29, 0.717) is 12.2 Å². The predicted octanol–water partition coefficient (Wildman–Crippen LogP) is 6.71. The summed E-state index contributed by atoms with van der Waals surface area (Å²) in [5.41, 5.74) is 0.110. The molecule has 0 radical (unpaired) electrons. The number of ketones is 1. The molecule has 2 nitrogen and oxygen atoms in total. The van der Waals surface area contributed by atoms with Crippen LogP contribution < -0.4 is 0 Å². The average Bonchev–Trinajstić information content (AvgIpc) is 2.50. The Morgan fingerprint density at radius 1 is 0.870 bits per heavy atom. The highest BCUT2D eigenvalue weighted by Crippen LogP contribution is 2.24. The molecule has 0 aromatic heterocycles. The number of rotatable bonds is 16. The van der Waals surface area contributed by atoms with Crippen LogP contribution in [0.5, 0.6) is 0 Å². The minimum Gasteiger partial charge on any atom is -0.378 e. The lowest BCUT2D eigenvalue weighted by molar-refractivity contribution is -0.120. The van der Waals surface area contributed by atoms with Gasteiger partial charge < -0.3 is 4.74 Å². The summed E-state index contributed by atoms with van der Waals surface area (Å²) in [6.07, 6.45) is 14.5. The van der Waals surface area contributed by atoms with Crippen LogP contribution in [0.3, 0.4) is 0 Å². The van der Waals surface area contributed by atoms with E-state index >= 15 is 0 Å². The van der Waals surface area contributed by atoms with Gasteiger partial charge >= 0.3 is 0 Å². The lowest BCUT2D eigenvalue weighted by Crippen LogP contribution is -2.22. The second-order valence-corrected chi connectivity index (χ2v) is 8.14. The Balaban J connectivity index is 3.49. The van der Waals surface area contributed by atoms with Gasteiger partial charge in [0.1, 0.15) is 5.78 Å². The van der Waals surface area contributed by atoms with Crippen LogP contribution in [0.1, 0.15) is 112 Å². The maximum absolute atomic E-state index is 12.0. The minimum atomic E-state index is 0.110. The van der Waals surface area contributed by atoms with E-state index in [2.05, 4.69) is 34.6 Å². The SMILES string of the molecule is CCCCCCCCCCCC(=O)CCC(C)(C)COC(C)C. The fraction of sp³-hybridized carbons (Fsp3) is 0.952. The third-order valence-electron chi connectivity index (χ3n) is 4.45. The van der Waals surface area contributed by atoms with Crippen molar-refractivity contribution in [1.82, 2.24) is 0 Å². The molecule has 0 unspecified atom stereocenters. The molecule has 0 aromatic rings. The molecular weight excluding hydrogens is 284 g/mol. The summed E-state index contributed by atoms with van der Waals surface area (Å²) >= 11 is 0. The highest BCUT2D eigenvalue weighted by molar-refractivity contribution is 5.78. The number of unbranched alkanes of at least 4 members (excludes halogenated alkanes) is 8. The summed E-state index contributed by atoms with van der Waals surface area (Å²) in [4.78, 5) is 12.0. The van der Waals surface area contributed by atoms with Gasteiger partial charge in [-0.1, -0.05) is 72.1 Å². The molecular formula is C21H42O2. The van der Waals surface area contributed by atoms with Crippen molar-refractivity contribution in [3.63, 3.8) is 0 Å². The summed E-state index contributed by atoms with van der Waals surface area (Å²) in [7, 11) is 0. The minimum absolute atomic E-state index is 0.110. The molecule has 0 heterocycles. The van der Waals surface area contributed by atoms with Crippen molar-refractivity contribution in [1.29, 1.82) is 0 Å². The normalized spacial score (nSPS) is 12.1. The number of ether oxygens (including phenoxy) is 1. The number of carbonyl (C=O) groups excluding carboxylic acids is 1. The average molecular weight is 327 g/mol. The zero-order chi connectivity index (χ0) is 17.6. The van der Waals surface area contributed by atoms with Crippen LogP contribution in [0, 0.1) is 5.41 Å². The summed E-state index contributed by atoms with van der Waals surface area (Å²) in [5, 5.41) is 0. The van der Waals surface area contributed by atoms with Crippen LogP contribution >= 0.6 is 0 Å². The molecule has 138 valence electrons. The molecule has 0 saturated heterocycles. The molecule has 0 aliphatic heterocycles. The summed E-state index contributed by atoms with van der Waals surface area (Å²) < 4.78 is 5.69. The van der Waals surface area contributed by atoms with Gasteiger partial charge in [0.25, 0.3) is 0 Å². The molecule has 0 rings (SSSR count). The van der Waals surface area contributed by atoms with Gasteiger partial charge in [0, 0.05) is 12.8 Å². The van der Waals surface area contributed by atoms with E-state index in [4.69, 9.17) is 4.74 Å². The van der Waals surface area contributed by atoms with Crippen molar-refractivity contribution >= 4 is 5.78 Å². The first-order valence-electron chi connectivity index (χ1n) is 10.0.